The van der Waals surface area contributed by atoms with Gasteiger partial charge in [0.25, 0.3) is 5.60 Å². The highest BCUT2D eigenvalue weighted by molar-refractivity contribution is 5.47. The molecule has 0 aliphatic rings. The van der Waals surface area contributed by atoms with Crippen molar-refractivity contribution in [1.82, 2.24) is 0 Å². The predicted octanol–water partition coefficient (Wildman–Crippen LogP) is 5.80. The Kier molecular flexibility index (Phi) is 5.26. The molecule has 134 valence electrons. The van der Waals surface area contributed by atoms with Crippen LogP contribution in [0.4, 0.5) is 36.4 Å². The molecule has 0 saturated heterocycles. The molecule has 0 bridgehead atoms. The number of rotatable bonds is 3. The van der Waals surface area contributed by atoms with E-state index in [9.17, 15) is 30.7 Å². The molecule has 0 unspecified atom stereocenters. The third-order valence-corrected chi connectivity index (χ3v) is 3.44. The van der Waals surface area contributed by atoms with Gasteiger partial charge in [0, 0.05) is 5.41 Å². The van der Waals surface area contributed by atoms with Crippen LogP contribution in [0.2, 0.25) is 0 Å². The van der Waals surface area contributed by atoms with Gasteiger partial charge in [-0.15, -0.1) is 0 Å². The molecule has 1 aromatic carbocycles. The van der Waals surface area contributed by atoms with Gasteiger partial charge in [-0.3, -0.25) is 0 Å². The van der Waals surface area contributed by atoms with Gasteiger partial charge in [0.2, 0.25) is 5.69 Å². The van der Waals surface area contributed by atoms with Crippen molar-refractivity contribution in [3.8, 4) is 0 Å². The average Bonchev–Trinajstić information content (AvgIpc) is 2.34. The summed E-state index contributed by atoms with van der Waals surface area (Å²) >= 11 is 0. The number of hydrogen-bond donors (Lipinski definition) is 0. The van der Waals surface area contributed by atoms with Crippen LogP contribution >= 0.6 is 0 Å². The molecule has 1 aromatic rings. The average molecular weight is 357 g/mol. The van der Waals surface area contributed by atoms with E-state index in [0.717, 1.165) is 32.9 Å². The lowest BCUT2D eigenvalue weighted by atomic mass is 9.75. The molecular weight excluding hydrogens is 343 g/mol. The molecule has 24 heavy (non-hydrogen) atoms. The van der Waals surface area contributed by atoms with Gasteiger partial charge in [-0.2, -0.15) is 26.3 Å². The van der Waals surface area contributed by atoms with Crippen molar-refractivity contribution in [3.05, 3.63) is 41.0 Å². The van der Waals surface area contributed by atoms with E-state index >= 15 is 0 Å². The Bertz CT molecular complexity index is 599. The Labute approximate surface area is 134 Å². The van der Waals surface area contributed by atoms with Crippen molar-refractivity contribution in [3.63, 3.8) is 0 Å². The number of hydrogen-bond acceptors (Lipinski definition) is 1. The van der Waals surface area contributed by atoms with Crippen LogP contribution in [0.3, 0.4) is 0 Å². The van der Waals surface area contributed by atoms with E-state index in [2.05, 4.69) is 9.58 Å². The lowest BCUT2D eigenvalue weighted by molar-refractivity contribution is -0.413. The minimum absolute atomic E-state index is 0.248. The number of alkyl halides is 6. The fourth-order valence-corrected chi connectivity index (χ4v) is 2.31. The van der Waals surface area contributed by atoms with E-state index in [1.54, 1.807) is 0 Å². The largest absolute Gasteiger partial charge is 0.427 e. The summed E-state index contributed by atoms with van der Waals surface area (Å²) in [4.78, 5) is 2.81. The monoisotopic (exact) mass is 357 g/mol. The molecule has 0 aliphatic carbocycles. The number of nitrogens with zero attached hydrogens (tertiary/aromatic N) is 1. The van der Waals surface area contributed by atoms with Crippen LogP contribution in [0.15, 0.2) is 18.2 Å². The van der Waals surface area contributed by atoms with Gasteiger partial charge in [-0.25, -0.2) is 9.24 Å². The normalized spacial score (nSPS) is 13.7. The Hall–Kier alpha value is -1.82. The molecule has 0 spiro atoms. The molecule has 0 aliphatic heterocycles. The zero-order valence-electron chi connectivity index (χ0n) is 12.9. The molecule has 2 nitrogen and oxygen atoms in total. The van der Waals surface area contributed by atoms with Gasteiger partial charge in [-0.05, 0) is 11.6 Å². The zero-order chi connectivity index (χ0) is 19.0. The summed E-state index contributed by atoms with van der Waals surface area (Å²) in [6.07, 6.45) is -11.5. The van der Waals surface area contributed by atoms with Crippen LogP contribution in [-0.2, 0) is 11.3 Å². The maximum absolute atomic E-state index is 13.5. The summed E-state index contributed by atoms with van der Waals surface area (Å²) in [6.45, 7) is 7.82. The van der Waals surface area contributed by atoms with Crippen LogP contribution in [-0.4, -0.2) is 18.0 Å². The minimum Gasteiger partial charge on any atom is -0.353 e. The van der Waals surface area contributed by atoms with Gasteiger partial charge in [0.1, 0.15) is 5.82 Å². The molecule has 0 fully saturated rings. The number of ether oxygens (including phenoxy) is 1. The molecule has 1 rings (SSSR count). The minimum atomic E-state index is -5.74. The first-order valence-corrected chi connectivity index (χ1v) is 6.60. The van der Waals surface area contributed by atoms with Crippen molar-refractivity contribution in [1.29, 1.82) is 0 Å². The molecule has 9 heteroatoms. The van der Waals surface area contributed by atoms with E-state index < -0.39 is 41.5 Å². The van der Waals surface area contributed by atoms with Gasteiger partial charge < -0.3 is 4.74 Å². The summed E-state index contributed by atoms with van der Waals surface area (Å²) in [5, 5.41) is 0. The molecule has 0 N–H and O–H groups in total. The van der Waals surface area contributed by atoms with Crippen LogP contribution in [0, 0.1) is 17.8 Å². The van der Waals surface area contributed by atoms with Crippen LogP contribution in [0.1, 0.15) is 26.3 Å². The lowest BCUT2D eigenvalue weighted by Gasteiger charge is -2.45. The van der Waals surface area contributed by atoms with Gasteiger partial charge in [-0.1, -0.05) is 32.9 Å². The second kappa shape index (κ2) is 6.24. The maximum Gasteiger partial charge on any atom is 0.427 e. The molecule has 0 saturated carbocycles. The Balaban J connectivity index is 3.30. The highest BCUT2D eigenvalue weighted by Gasteiger charge is 2.77. The summed E-state index contributed by atoms with van der Waals surface area (Å²) in [5.74, 6) is -1.05. The first-order chi connectivity index (χ1) is 10.7. The van der Waals surface area contributed by atoms with Crippen molar-refractivity contribution in [2.24, 2.45) is 5.41 Å². The standard InChI is InChI=1S/C15H14F7NO/c1-12(2,3)13(14(17,18)19,15(20,21)22)24-8-9-5-6-11(23-4)10(16)7-9/h5-7H,8H2,1-3H3. The van der Waals surface area contributed by atoms with E-state index in [1.807, 2.05) is 0 Å². The van der Waals surface area contributed by atoms with Crippen LogP contribution < -0.4 is 0 Å². The van der Waals surface area contributed by atoms with Crippen molar-refractivity contribution >= 4 is 5.69 Å². The highest BCUT2D eigenvalue weighted by atomic mass is 19.4. The molecule has 0 atom stereocenters. The van der Waals surface area contributed by atoms with Crippen molar-refractivity contribution in [2.75, 3.05) is 0 Å². The third-order valence-electron chi connectivity index (χ3n) is 3.44. The fourth-order valence-electron chi connectivity index (χ4n) is 2.31. The quantitative estimate of drug-likeness (QED) is 0.492. The van der Waals surface area contributed by atoms with Crippen LogP contribution in [0.5, 0.6) is 0 Å². The third kappa shape index (κ3) is 3.48. The fraction of sp³-hybridized carbons (Fsp3) is 0.533. The SMILES string of the molecule is [C-]#[N+]c1ccc(COC(C(C)(C)C)(C(F)(F)F)C(F)(F)F)cc1F. The first-order valence-electron chi connectivity index (χ1n) is 6.60. The first kappa shape index (κ1) is 20.2. The van der Waals surface area contributed by atoms with Gasteiger partial charge >= 0.3 is 12.4 Å². The summed E-state index contributed by atoms with van der Waals surface area (Å²) in [6, 6.07) is 2.67. The van der Waals surface area contributed by atoms with Gasteiger partial charge in [0.05, 0.1) is 13.2 Å². The Morgan fingerprint density at radius 3 is 1.83 bits per heavy atom. The maximum atomic E-state index is 13.5. The molecule has 0 amide bonds. The van der Waals surface area contributed by atoms with Gasteiger partial charge in [0.15, 0.2) is 0 Å². The van der Waals surface area contributed by atoms with E-state index in [-0.39, 0.29) is 5.56 Å². The zero-order valence-corrected chi connectivity index (χ0v) is 12.9. The molecular formula is C15H14F7NO. The molecule has 0 radical (unpaired) electrons. The Morgan fingerprint density at radius 2 is 1.50 bits per heavy atom. The van der Waals surface area contributed by atoms with E-state index in [4.69, 9.17) is 6.57 Å². The second-order valence-corrected chi connectivity index (χ2v) is 6.11. The lowest BCUT2D eigenvalue weighted by Crippen LogP contribution is -2.66. The predicted molar refractivity (Wildman–Crippen MR) is 71.7 cm³/mol. The van der Waals surface area contributed by atoms with E-state index in [1.165, 1.54) is 0 Å². The summed E-state index contributed by atoms with van der Waals surface area (Å²) in [7, 11) is 0. The number of benzene rings is 1. The highest BCUT2D eigenvalue weighted by Crippen LogP contribution is 2.55. The topological polar surface area (TPSA) is 13.6 Å². The van der Waals surface area contributed by atoms with Crippen molar-refractivity contribution in [2.45, 2.75) is 45.3 Å². The van der Waals surface area contributed by atoms with E-state index in [0.29, 0.717) is 6.07 Å². The van der Waals surface area contributed by atoms with Crippen molar-refractivity contribution < 1.29 is 35.5 Å². The summed E-state index contributed by atoms with van der Waals surface area (Å²) in [5.41, 5.74) is -7.44. The second-order valence-electron chi connectivity index (χ2n) is 6.11. The molecule has 0 heterocycles. The molecule has 0 aromatic heterocycles. The van der Waals surface area contributed by atoms with Crippen LogP contribution in [0.25, 0.3) is 4.85 Å². The Morgan fingerprint density at radius 1 is 1.00 bits per heavy atom. The smallest absolute Gasteiger partial charge is 0.353 e. The number of halogens is 7. The summed E-state index contributed by atoms with van der Waals surface area (Å²) < 4.78 is 97.7.